The van der Waals surface area contributed by atoms with Crippen LogP contribution in [-0.2, 0) is 4.79 Å². The summed E-state index contributed by atoms with van der Waals surface area (Å²) in [4.78, 5) is 13.1. The highest BCUT2D eigenvalue weighted by Gasteiger charge is 2.14. The predicted molar refractivity (Wildman–Crippen MR) is 176 cm³/mol. The van der Waals surface area contributed by atoms with E-state index < -0.39 is 0 Å². The minimum Gasteiger partial charge on any atom is -0.492 e. The number of nitrogens with zero attached hydrogens (tertiary/aromatic N) is 2. The third-order valence-corrected chi connectivity index (χ3v) is 6.65. The van der Waals surface area contributed by atoms with Gasteiger partial charge in [0.1, 0.15) is 43.7 Å². The lowest BCUT2D eigenvalue weighted by Crippen LogP contribution is -2.22. The average molecular weight is 548 g/mol. The second-order valence-corrected chi connectivity index (χ2v) is 9.80. The summed E-state index contributed by atoms with van der Waals surface area (Å²) in [7, 11) is 27.9. The molecule has 0 fully saturated rings. The van der Waals surface area contributed by atoms with Crippen molar-refractivity contribution in [1.29, 1.82) is 0 Å². The van der Waals surface area contributed by atoms with Crippen LogP contribution in [0, 0.1) is 12.3 Å². The molecular formula is C32H32B4N4O2. The van der Waals surface area contributed by atoms with Gasteiger partial charge in [-0.3, -0.25) is 9.89 Å². The fraction of sp³-hybridized carbons (Fsp3) is 0.250. The highest BCUT2D eigenvalue weighted by Crippen LogP contribution is 2.34. The second-order valence-electron chi connectivity index (χ2n) is 9.80. The predicted octanol–water partition coefficient (Wildman–Crippen LogP) is 3.51. The first kappa shape index (κ1) is 32.4. The summed E-state index contributed by atoms with van der Waals surface area (Å²) in [5.74, 6) is 3.00. The van der Waals surface area contributed by atoms with Crippen molar-refractivity contribution in [3.8, 4) is 18.1 Å². The van der Waals surface area contributed by atoms with E-state index in [0.717, 1.165) is 38.9 Å². The van der Waals surface area contributed by atoms with Crippen LogP contribution in [0.15, 0.2) is 88.3 Å². The summed E-state index contributed by atoms with van der Waals surface area (Å²) >= 11 is 0. The molecule has 1 amide bonds. The average Bonchev–Trinajstić information content (AvgIpc) is 3.47. The number of likely N-dealkylation sites (N-methyl/N-ethyl adjacent to an activating group) is 1. The van der Waals surface area contributed by atoms with E-state index in [0.29, 0.717) is 38.0 Å². The normalized spacial score (nSPS) is 13.3. The van der Waals surface area contributed by atoms with Gasteiger partial charge < -0.3 is 15.0 Å². The van der Waals surface area contributed by atoms with E-state index in [4.69, 9.17) is 42.5 Å². The maximum Gasteiger partial charge on any atom is 0.245 e. The number of aromatic amines is 1. The van der Waals surface area contributed by atoms with Gasteiger partial charge in [0.25, 0.3) is 0 Å². The monoisotopic (exact) mass is 548 g/mol. The number of H-pyrrole nitrogens is 1. The summed E-state index contributed by atoms with van der Waals surface area (Å²) in [6.45, 7) is 3.76. The Kier molecular flexibility index (Phi) is 12.2. The van der Waals surface area contributed by atoms with Crippen LogP contribution in [-0.4, -0.2) is 86.2 Å². The minimum absolute atomic E-state index is 0.0461. The van der Waals surface area contributed by atoms with E-state index in [2.05, 4.69) is 40.5 Å². The molecule has 0 bridgehead atoms. The lowest BCUT2D eigenvalue weighted by Gasteiger charge is -2.19. The molecule has 0 unspecified atom stereocenters. The number of aromatic nitrogens is 2. The molecule has 0 aliphatic heterocycles. The molecule has 2 aromatic carbocycles. The molecule has 42 heavy (non-hydrogen) atoms. The van der Waals surface area contributed by atoms with Crippen molar-refractivity contribution >= 4 is 53.8 Å². The Morgan fingerprint density at radius 3 is 2.48 bits per heavy atom. The van der Waals surface area contributed by atoms with Gasteiger partial charge in [-0.2, -0.15) is 5.10 Å². The maximum absolute atomic E-state index is 11.6. The number of ether oxygens (including phenoxy) is 1. The van der Waals surface area contributed by atoms with E-state index in [-0.39, 0.29) is 22.3 Å². The van der Waals surface area contributed by atoms with Crippen LogP contribution < -0.4 is 10.1 Å². The molecule has 0 saturated heterocycles. The molecule has 10 heteroatoms. The Labute approximate surface area is 254 Å². The number of carbonyl (C=O) groups excluding carboxylic acids is 1. The number of allylic oxidation sites excluding steroid dienone is 5. The third-order valence-electron chi connectivity index (χ3n) is 6.65. The summed E-state index contributed by atoms with van der Waals surface area (Å²) in [6.07, 6.45) is 11.6. The van der Waals surface area contributed by atoms with Crippen LogP contribution in [0.1, 0.15) is 30.9 Å². The second kappa shape index (κ2) is 15.8. The largest absolute Gasteiger partial charge is 0.492 e. The first-order valence-electron chi connectivity index (χ1n) is 13.6. The number of amides is 1. The van der Waals surface area contributed by atoms with Gasteiger partial charge in [-0.05, 0) is 53.8 Å². The minimum atomic E-state index is -0.0470. The van der Waals surface area contributed by atoms with Gasteiger partial charge in [-0.25, -0.2) is 0 Å². The first-order valence-corrected chi connectivity index (χ1v) is 13.6. The van der Waals surface area contributed by atoms with Crippen molar-refractivity contribution in [2.75, 3.05) is 33.8 Å². The van der Waals surface area contributed by atoms with Gasteiger partial charge in [0.15, 0.2) is 0 Å². The molecule has 0 aliphatic rings. The quantitative estimate of drug-likeness (QED) is 0.113. The topological polar surface area (TPSA) is 70.2 Å². The number of carbonyl (C=O) groups is 1. The van der Waals surface area contributed by atoms with Crippen LogP contribution in [0.5, 0.6) is 5.75 Å². The zero-order valence-corrected chi connectivity index (χ0v) is 24.4. The molecule has 204 valence electrons. The van der Waals surface area contributed by atoms with Crippen molar-refractivity contribution in [2.45, 2.75) is 19.8 Å². The number of rotatable bonds is 13. The number of hydrogen-bond donors (Lipinski definition) is 2. The van der Waals surface area contributed by atoms with E-state index in [1.54, 1.807) is 32.4 Å². The summed E-state index contributed by atoms with van der Waals surface area (Å²) in [5.41, 5.74) is 5.74. The van der Waals surface area contributed by atoms with Gasteiger partial charge in [-0.1, -0.05) is 48.2 Å². The van der Waals surface area contributed by atoms with E-state index in [9.17, 15) is 4.79 Å². The number of benzene rings is 2. The smallest absolute Gasteiger partial charge is 0.245 e. The van der Waals surface area contributed by atoms with Gasteiger partial charge in [0.05, 0.1) is 11.7 Å². The Bertz CT molecular complexity index is 1560. The van der Waals surface area contributed by atoms with Crippen LogP contribution in [0.25, 0.3) is 16.5 Å². The molecule has 0 aliphatic carbocycles. The van der Waals surface area contributed by atoms with Crippen molar-refractivity contribution in [1.82, 2.24) is 20.4 Å². The first-order chi connectivity index (χ1) is 20.2. The lowest BCUT2D eigenvalue weighted by molar-refractivity contribution is -0.123. The summed E-state index contributed by atoms with van der Waals surface area (Å²) in [6, 6.07) is 14.1. The van der Waals surface area contributed by atoms with Crippen LogP contribution in [0.2, 0.25) is 0 Å². The van der Waals surface area contributed by atoms with Gasteiger partial charge in [0.2, 0.25) is 5.91 Å². The third kappa shape index (κ3) is 8.71. The molecule has 0 atom stereocenters. The summed E-state index contributed by atoms with van der Waals surface area (Å²) in [5, 5.41) is 11.4. The van der Waals surface area contributed by atoms with Crippen molar-refractivity contribution in [3.05, 3.63) is 99.4 Å². The molecule has 3 aromatic rings. The van der Waals surface area contributed by atoms with Crippen molar-refractivity contribution in [2.24, 2.45) is 0 Å². The molecule has 2 N–H and O–H groups in total. The molecule has 0 spiro atoms. The number of hydrogen-bond acceptors (Lipinski definition) is 4. The Balaban J connectivity index is 1.85. The molecule has 8 radical (unpaired) electrons. The van der Waals surface area contributed by atoms with Crippen LogP contribution in [0.3, 0.4) is 0 Å². The van der Waals surface area contributed by atoms with Crippen molar-refractivity contribution < 1.29 is 9.53 Å². The fourth-order valence-electron chi connectivity index (χ4n) is 4.24. The van der Waals surface area contributed by atoms with Crippen LogP contribution >= 0.6 is 0 Å². The van der Waals surface area contributed by atoms with Crippen molar-refractivity contribution in [3.63, 3.8) is 0 Å². The fourth-order valence-corrected chi connectivity index (χ4v) is 4.24. The SMILES string of the molecule is [B]/C(C#C)=C([B])/C([B])=C(/[B])C/C(CC)=C(\c1ccc(OCCNC/C=C/C(=O)N(C)C)cc1)c1ccc2[nH]ncc2c1. The van der Waals surface area contributed by atoms with Gasteiger partial charge >= 0.3 is 0 Å². The molecule has 0 saturated carbocycles. The molecule has 1 heterocycles. The molecule has 6 nitrogen and oxygen atoms in total. The summed E-state index contributed by atoms with van der Waals surface area (Å²) < 4.78 is 5.92. The highest BCUT2D eigenvalue weighted by molar-refractivity contribution is 6.44. The van der Waals surface area contributed by atoms with Gasteiger partial charge in [0, 0.05) is 38.6 Å². The van der Waals surface area contributed by atoms with Gasteiger partial charge in [-0.15, -0.1) is 22.8 Å². The Hall–Kier alpha value is -4.08. The number of fused-ring (bicyclic) bond motifs is 1. The van der Waals surface area contributed by atoms with E-state index in [1.165, 1.54) is 4.90 Å². The maximum atomic E-state index is 11.6. The number of terminal acetylenes is 1. The Morgan fingerprint density at radius 1 is 1.10 bits per heavy atom. The highest BCUT2D eigenvalue weighted by atomic mass is 16.5. The zero-order chi connectivity index (χ0) is 30.6. The standard InChI is InChI=1S/C32H32B4N4O2/c1-5-21(19-27(34)32(36)31(35)26(33)6-2)30(23-11-14-28-24(18-23)20-38-39-28)22-9-12-25(13-10-22)42-17-16-37-15-7-8-29(41)40(3)4/h2,7-14,18,20,37H,5,15-17,19H2,1,3-4H3,(H,38,39)/b8-7+,30-21+,31-26-,32-27-. The lowest BCUT2D eigenvalue weighted by atomic mass is 9.65. The van der Waals surface area contributed by atoms with Crippen LogP contribution in [0.4, 0.5) is 0 Å². The zero-order valence-electron chi connectivity index (χ0n) is 24.4. The molecular weight excluding hydrogens is 516 g/mol. The Morgan fingerprint density at radius 2 is 1.81 bits per heavy atom. The molecule has 3 rings (SSSR count). The van der Waals surface area contributed by atoms with E-state index in [1.807, 2.05) is 30.3 Å². The van der Waals surface area contributed by atoms with E-state index >= 15 is 0 Å². The number of nitrogens with one attached hydrogen (secondary N) is 2. The molecule has 1 aromatic heterocycles.